The van der Waals surface area contributed by atoms with Gasteiger partial charge in [-0.15, -0.1) is 0 Å². The molecule has 1 aromatic carbocycles. The molecule has 0 saturated heterocycles. The highest BCUT2D eigenvalue weighted by atomic mass is 35.5. The molecular formula is C15H18ClNO3. The Morgan fingerprint density at radius 3 is 2.55 bits per heavy atom. The molecule has 2 N–H and O–H groups in total. The molecule has 1 aliphatic carbocycles. The minimum absolute atomic E-state index is 0.115. The van der Waals surface area contributed by atoms with Crippen molar-refractivity contribution in [3.05, 3.63) is 34.9 Å². The molecule has 0 aliphatic heterocycles. The monoisotopic (exact) mass is 295 g/mol. The molecule has 108 valence electrons. The molecule has 5 heteroatoms. The molecule has 0 unspecified atom stereocenters. The maximum absolute atomic E-state index is 12.4. The topological polar surface area (TPSA) is 66.4 Å². The van der Waals surface area contributed by atoms with Crippen LogP contribution >= 0.6 is 11.6 Å². The van der Waals surface area contributed by atoms with E-state index in [0.29, 0.717) is 5.02 Å². The number of hydrogen-bond acceptors (Lipinski definition) is 2. The van der Waals surface area contributed by atoms with Crippen molar-refractivity contribution >= 4 is 23.5 Å². The number of aliphatic carboxylic acids is 1. The third-order valence-electron chi connectivity index (χ3n) is 3.83. The lowest BCUT2D eigenvalue weighted by molar-refractivity contribution is -0.146. The number of benzene rings is 1. The van der Waals surface area contributed by atoms with E-state index in [9.17, 15) is 9.59 Å². The van der Waals surface area contributed by atoms with Crippen LogP contribution in [0.4, 0.5) is 0 Å². The summed E-state index contributed by atoms with van der Waals surface area (Å²) in [4.78, 5) is 23.4. The van der Waals surface area contributed by atoms with Crippen molar-refractivity contribution in [3.63, 3.8) is 0 Å². The van der Waals surface area contributed by atoms with Gasteiger partial charge in [0, 0.05) is 11.6 Å². The van der Waals surface area contributed by atoms with Crippen LogP contribution in [0.25, 0.3) is 0 Å². The van der Waals surface area contributed by atoms with Gasteiger partial charge in [0.25, 0.3) is 0 Å². The van der Waals surface area contributed by atoms with E-state index >= 15 is 0 Å². The van der Waals surface area contributed by atoms with E-state index in [0.717, 1.165) is 18.4 Å². The molecule has 1 amide bonds. The zero-order valence-electron chi connectivity index (χ0n) is 11.6. The van der Waals surface area contributed by atoms with E-state index < -0.39 is 16.8 Å². The van der Waals surface area contributed by atoms with Crippen LogP contribution in [-0.2, 0) is 15.0 Å². The lowest BCUT2D eigenvalue weighted by Gasteiger charge is -2.22. The zero-order valence-corrected chi connectivity index (χ0v) is 12.3. The van der Waals surface area contributed by atoms with Gasteiger partial charge in [-0.3, -0.25) is 9.59 Å². The van der Waals surface area contributed by atoms with E-state index in [-0.39, 0.29) is 12.5 Å². The maximum Gasteiger partial charge on any atom is 0.310 e. The molecule has 2 rings (SSSR count). The first-order valence-corrected chi connectivity index (χ1v) is 6.93. The van der Waals surface area contributed by atoms with Crippen molar-refractivity contribution in [2.45, 2.75) is 32.1 Å². The summed E-state index contributed by atoms with van der Waals surface area (Å²) in [5.74, 6) is -1.04. The van der Waals surface area contributed by atoms with E-state index in [4.69, 9.17) is 16.7 Å². The van der Waals surface area contributed by atoms with Gasteiger partial charge in [0.1, 0.15) is 0 Å². The highest BCUT2D eigenvalue weighted by Gasteiger charge is 2.51. The SMILES string of the molecule is CC(C)(CNC(=O)C1(c2cccc(Cl)c2)CC1)C(=O)O. The average molecular weight is 296 g/mol. The smallest absolute Gasteiger partial charge is 0.310 e. The Morgan fingerprint density at radius 1 is 1.40 bits per heavy atom. The van der Waals surface area contributed by atoms with E-state index in [1.54, 1.807) is 26.0 Å². The first-order valence-electron chi connectivity index (χ1n) is 6.56. The van der Waals surface area contributed by atoms with Crippen LogP contribution in [0.3, 0.4) is 0 Å². The minimum atomic E-state index is -0.972. The van der Waals surface area contributed by atoms with Gasteiger partial charge in [-0.05, 0) is 44.4 Å². The van der Waals surface area contributed by atoms with Gasteiger partial charge < -0.3 is 10.4 Å². The van der Waals surface area contributed by atoms with Crippen LogP contribution in [0, 0.1) is 5.41 Å². The van der Waals surface area contributed by atoms with Crippen LogP contribution in [0.15, 0.2) is 24.3 Å². The third-order valence-corrected chi connectivity index (χ3v) is 4.07. The molecule has 0 atom stereocenters. The Morgan fingerprint density at radius 2 is 2.05 bits per heavy atom. The number of carboxylic acids is 1. The molecule has 0 heterocycles. The standard InChI is InChI=1S/C15H18ClNO3/c1-14(2,13(19)20)9-17-12(18)15(6-7-15)10-4-3-5-11(16)8-10/h3-5,8H,6-7,9H2,1-2H3,(H,17,18)(H,19,20). The molecule has 1 aliphatic rings. The summed E-state index contributed by atoms with van der Waals surface area (Å²) in [6, 6.07) is 7.29. The van der Waals surface area contributed by atoms with Crippen molar-refractivity contribution in [3.8, 4) is 0 Å². The Hall–Kier alpha value is -1.55. The highest BCUT2D eigenvalue weighted by Crippen LogP contribution is 2.48. The number of nitrogens with one attached hydrogen (secondary N) is 1. The summed E-state index contributed by atoms with van der Waals surface area (Å²) in [6.45, 7) is 3.30. The first-order chi connectivity index (χ1) is 9.28. The van der Waals surface area contributed by atoms with Crippen LogP contribution in [-0.4, -0.2) is 23.5 Å². The maximum atomic E-state index is 12.4. The van der Waals surface area contributed by atoms with Gasteiger partial charge in [0.05, 0.1) is 10.8 Å². The number of rotatable bonds is 5. The fraction of sp³-hybridized carbons (Fsp3) is 0.467. The highest BCUT2D eigenvalue weighted by molar-refractivity contribution is 6.30. The largest absolute Gasteiger partial charge is 0.481 e. The van der Waals surface area contributed by atoms with E-state index in [2.05, 4.69) is 5.32 Å². The number of hydrogen-bond donors (Lipinski definition) is 2. The van der Waals surface area contributed by atoms with Crippen molar-refractivity contribution in [1.82, 2.24) is 5.32 Å². The summed E-state index contributed by atoms with van der Waals surface area (Å²) >= 11 is 5.97. The number of halogens is 1. The lowest BCUT2D eigenvalue weighted by Crippen LogP contribution is -2.43. The normalized spacial score (nSPS) is 16.6. The quantitative estimate of drug-likeness (QED) is 0.877. The second-order valence-electron chi connectivity index (χ2n) is 5.96. The van der Waals surface area contributed by atoms with E-state index in [1.165, 1.54) is 0 Å². The van der Waals surface area contributed by atoms with Crippen molar-refractivity contribution in [2.75, 3.05) is 6.54 Å². The summed E-state index contributed by atoms with van der Waals surface area (Å²) in [5.41, 5.74) is -0.602. The second kappa shape index (κ2) is 5.09. The number of carbonyl (C=O) groups is 2. The van der Waals surface area contributed by atoms with Gasteiger partial charge in [0.2, 0.25) is 5.91 Å². The molecule has 20 heavy (non-hydrogen) atoms. The molecular weight excluding hydrogens is 278 g/mol. The Labute approximate surface area is 123 Å². The van der Waals surface area contributed by atoms with Gasteiger partial charge in [-0.1, -0.05) is 23.7 Å². The summed E-state index contributed by atoms with van der Waals surface area (Å²) < 4.78 is 0. The Bertz CT molecular complexity index is 550. The molecule has 1 saturated carbocycles. The number of amides is 1. The number of carbonyl (C=O) groups excluding carboxylic acids is 1. The molecule has 0 aromatic heterocycles. The zero-order chi connectivity index (χ0) is 15.0. The second-order valence-corrected chi connectivity index (χ2v) is 6.40. The van der Waals surface area contributed by atoms with Crippen LogP contribution in [0.1, 0.15) is 32.3 Å². The molecule has 0 radical (unpaired) electrons. The molecule has 1 fully saturated rings. The van der Waals surface area contributed by atoms with Crippen molar-refractivity contribution in [2.24, 2.45) is 5.41 Å². The Kier molecular flexibility index (Phi) is 3.78. The summed E-state index contributed by atoms with van der Waals surface area (Å²) in [5, 5.41) is 12.4. The number of carboxylic acid groups (broad SMARTS) is 1. The van der Waals surface area contributed by atoms with Crippen molar-refractivity contribution < 1.29 is 14.7 Å². The van der Waals surface area contributed by atoms with Crippen LogP contribution < -0.4 is 5.32 Å². The molecule has 4 nitrogen and oxygen atoms in total. The van der Waals surface area contributed by atoms with Gasteiger partial charge in [0.15, 0.2) is 0 Å². The van der Waals surface area contributed by atoms with Crippen LogP contribution in [0.5, 0.6) is 0 Å². The molecule has 0 bridgehead atoms. The molecule has 1 aromatic rings. The summed E-state index contributed by atoms with van der Waals surface area (Å²) in [6.07, 6.45) is 1.54. The summed E-state index contributed by atoms with van der Waals surface area (Å²) in [7, 11) is 0. The van der Waals surface area contributed by atoms with E-state index in [1.807, 2.05) is 12.1 Å². The van der Waals surface area contributed by atoms with Gasteiger partial charge in [-0.25, -0.2) is 0 Å². The van der Waals surface area contributed by atoms with Gasteiger partial charge in [-0.2, -0.15) is 0 Å². The van der Waals surface area contributed by atoms with Crippen LogP contribution in [0.2, 0.25) is 5.02 Å². The minimum Gasteiger partial charge on any atom is -0.481 e. The predicted octanol–water partition coefficient (Wildman–Crippen LogP) is 2.60. The van der Waals surface area contributed by atoms with Gasteiger partial charge >= 0.3 is 5.97 Å². The molecule has 0 spiro atoms. The lowest BCUT2D eigenvalue weighted by atomic mass is 9.91. The fourth-order valence-corrected chi connectivity index (χ4v) is 2.29. The predicted molar refractivity (Wildman–Crippen MR) is 76.8 cm³/mol. The Balaban J connectivity index is 2.08. The third kappa shape index (κ3) is 2.80. The van der Waals surface area contributed by atoms with Crippen molar-refractivity contribution in [1.29, 1.82) is 0 Å². The average Bonchev–Trinajstić information content (AvgIpc) is 3.17. The first kappa shape index (κ1) is 14.9. The fourth-order valence-electron chi connectivity index (χ4n) is 2.10.